The molecule has 0 aliphatic rings. The Morgan fingerprint density at radius 1 is 1.26 bits per heavy atom. The molecule has 0 aliphatic carbocycles. The number of benzene rings is 1. The molecule has 102 valence electrons. The van der Waals surface area contributed by atoms with Crippen LogP contribution in [0.5, 0.6) is 11.5 Å². The Morgan fingerprint density at radius 2 is 2.00 bits per heavy atom. The quantitative estimate of drug-likeness (QED) is 0.883. The molecule has 1 heterocycles. The Hall–Kier alpha value is -2.08. The van der Waals surface area contributed by atoms with Crippen molar-refractivity contribution in [3.8, 4) is 11.5 Å². The molecule has 0 unspecified atom stereocenters. The summed E-state index contributed by atoms with van der Waals surface area (Å²) in [5.74, 6) is 2.40. The first-order valence-electron chi connectivity index (χ1n) is 5.93. The molecule has 0 fully saturated rings. The van der Waals surface area contributed by atoms with E-state index in [2.05, 4.69) is 10.1 Å². The predicted octanol–water partition coefficient (Wildman–Crippen LogP) is 1.70. The van der Waals surface area contributed by atoms with Crippen molar-refractivity contribution in [3.63, 3.8) is 0 Å². The maximum absolute atomic E-state index is 5.67. The molecule has 0 saturated heterocycles. The molecule has 0 saturated carbocycles. The second-order valence-electron chi connectivity index (χ2n) is 4.20. The van der Waals surface area contributed by atoms with Gasteiger partial charge < -0.3 is 19.7 Å². The predicted molar refractivity (Wildman–Crippen MR) is 69.3 cm³/mol. The molecule has 2 N–H and O–H groups in total. The Bertz CT molecular complexity index is 552. The van der Waals surface area contributed by atoms with Crippen LogP contribution in [0.4, 0.5) is 0 Å². The van der Waals surface area contributed by atoms with Crippen molar-refractivity contribution in [2.45, 2.75) is 19.4 Å². The normalized spacial score (nSPS) is 12.2. The van der Waals surface area contributed by atoms with Gasteiger partial charge in [-0.15, -0.1) is 0 Å². The molecule has 2 rings (SSSR count). The summed E-state index contributed by atoms with van der Waals surface area (Å²) >= 11 is 0. The molecule has 1 aromatic heterocycles. The largest absolute Gasteiger partial charge is 0.493 e. The summed E-state index contributed by atoms with van der Waals surface area (Å²) in [5.41, 5.74) is 6.68. The zero-order chi connectivity index (χ0) is 13.8. The number of nitrogens with two attached hydrogens (primary N) is 1. The van der Waals surface area contributed by atoms with Gasteiger partial charge in [0, 0.05) is 6.42 Å². The topological polar surface area (TPSA) is 83.4 Å². The van der Waals surface area contributed by atoms with E-state index in [-0.39, 0.29) is 6.04 Å². The molecule has 0 radical (unpaired) electrons. The van der Waals surface area contributed by atoms with E-state index in [0.29, 0.717) is 29.6 Å². The monoisotopic (exact) mass is 263 g/mol. The SMILES string of the molecule is COc1ccc(Cc2noc([C@@H](C)N)n2)cc1OC. The van der Waals surface area contributed by atoms with Gasteiger partial charge in [0.15, 0.2) is 17.3 Å². The number of aromatic nitrogens is 2. The molecule has 0 bridgehead atoms. The summed E-state index contributed by atoms with van der Waals surface area (Å²) < 4.78 is 15.5. The van der Waals surface area contributed by atoms with E-state index in [1.54, 1.807) is 21.1 Å². The molecule has 1 aromatic carbocycles. The molecular formula is C13H17N3O3. The van der Waals surface area contributed by atoms with Crippen LogP contribution in [0.3, 0.4) is 0 Å². The second-order valence-corrected chi connectivity index (χ2v) is 4.20. The van der Waals surface area contributed by atoms with Crippen LogP contribution in [-0.2, 0) is 6.42 Å². The van der Waals surface area contributed by atoms with Crippen molar-refractivity contribution < 1.29 is 14.0 Å². The first-order chi connectivity index (χ1) is 9.13. The first kappa shape index (κ1) is 13.4. The average Bonchev–Trinajstić information content (AvgIpc) is 2.87. The Kier molecular flexibility index (Phi) is 4.01. The van der Waals surface area contributed by atoms with Crippen LogP contribution in [0, 0.1) is 0 Å². The third-order valence-corrected chi connectivity index (χ3v) is 2.68. The van der Waals surface area contributed by atoms with E-state index >= 15 is 0 Å². The summed E-state index contributed by atoms with van der Waals surface area (Å²) in [6.45, 7) is 1.80. The van der Waals surface area contributed by atoms with Gasteiger partial charge in [0.25, 0.3) is 0 Å². The van der Waals surface area contributed by atoms with Crippen LogP contribution >= 0.6 is 0 Å². The molecule has 0 aliphatic heterocycles. The maximum atomic E-state index is 5.67. The van der Waals surface area contributed by atoms with Crippen molar-refractivity contribution in [1.82, 2.24) is 10.1 Å². The average molecular weight is 263 g/mol. The maximum Gasteiger partial charge on any atom is 0.243 e. The highest BCUT2D eigenvalue weighted by Crippen LogP contribution is 2.28. The van der Waals surface area contributed by atoms with Gasteiger partial charge in [0.2, 0.25) is 5.89 Å². The lowest BCUT2D eigenvalue weighted by Gasteiger charge is -2.08. The molecule has 19 heavy (non-hydrogen) atoms. The van der Waals surface area contributed by atoms with Crippen molar-refractivity contribution in [2.24, 2.45) is 5.73 Å². The Morgan fingerprint density at radius 3 is 2.58 bits per heavy atom. The molecule has 6 nitrogen and oxygen atoms in total. The summed E-state index contributed by atoms with van der Waals surface area (Å²) in [4.78, 5) is 4.23. The highest BCUT2D eigenvalue weighted by atomic mass is 16.5. The minimum Gasteiger partial charge on any atom is -0.493 e. The van der Waals surface area contributed by atoms with Crippen LogP contribution in [0.2, 0.25) is 0 Å². The van der Waals surface area contributed by atoms with Crippen molar-refractivity contribution in [2.75, 3.05) is 14.2 Å². The Labute approximate surface area is 111 Å². The number of rotatable bonds is 5. The zero-order valence-electron chi connectivity index (χ0n) is 11.2. The third-order valence-electron chi connectivity index (χ3n) is 2.68. The molecular weight excluding hydrogens is 246 g/mol. The highest BCUT2D eigenvalue weighted by molar-refractivity contribution is 5.43. The number of hydrogen-bond acceptors (Lipinski definition) is 6. The number of methoxy groups -OCH3 is 2. The van der Waals surface area contributed by atoms with Crippen LogP contribution < -0.4 is 15.2 Å². The molecule has 1 atom stereocenters. The molecule has 0 spiro atoms. The van der Waals surface area contributed by atoms with Gasteiger partial charge >= 0.3 is 0 Å². The van der Waals surface area contributed by atoms with E-state index in [4.69, 9.17) is 19.7 Å². The Balaban J connectivity index is 2.18. The fourth-order valence-corrected chi connectivity index (χ4v) is 1.70. The lowest BCUT2D eigenvalue weighted by Crippen LogP contribution is -2.05. The van der Waals surface area contributed by atoms with Gasteiger partial charge in [-0.1, -0.05) is 11.2 Å². The van der Waals surface area contributed by atoms with E-state index in [1.807, 2.05) is 18.2 Å². The summed E-state index contributed by atoms with van der Waals surface area (Å²) in [5, 5.41) is 3.89. The van der Waals surface area contributed by atoms with Crippen LogP contribution in [0.1, 0.15) is 30.2 Å². The van der Waals surface area contributed by atoms with Crippen LogP contribution in [0.15, 0.2) is 22.7 Å². The number of hydrogen-bond donors (Lipinski definition) is 1. The van der Waals surface area contributed by atoms with Gasteiger partial charge in [0.05, 0.1) is 20.3 Å². The van der Waals surface area contributed by atoms with E-state index in [9.17, 15) is 0 Å². The fourth-order valence-electron chi connectivity index (χ4n) is 1.70. The summed E-state index contributed by atoms with van der Waals surface area (Å²) in [6.07, 6.45) is 0.552. The minimum atomic E-state index is -0.258. The van der Waals surface area contributed by atoms with Gasteiger partial charge in [-0.2, -0.15) is 4.98 Å². The summed E-state index contributed by atoms with van der Waals surface area (Å²) in [7, 11) is 3.20. The van der Waals surface area contributed by atoms with Crippen molar-refractivity contribution in [1.29, 1.82) is 0 Å². The van der Waals surface area contributed by atoms with Crippen molar-refractivity contribution in [3.05, 3.63) is 35.5 Å². The van der Waals surface area contributed by atoms with Crippen molar-refractivity contribution >= 4 is 0 Å². The first-order valence-corrected chi connectivity index (χ1v) is 5.93. The number of ether oxygens (including phenoxy) is 2. The third kappa shape index (κ3) is 3.03. The van der Waals surface area contributed by atoms with Crippen LogP contribution in [0.25, 0.3) is 0 Å². The lowest BCUT2D eigenvalue weighted by molar-refractivity contribution is 0.354. The minimum absolute atomic E-state index is 0.258. The van der Waals surface area contributed by atoms with Gasteiger partial charge in [-0.3, -0.25) is 0 Å². The second kappa shape index (κ2) is 5.71. The molecule has 6 heteroatoms. The van der Waals surface area contributed by atoms with Gasteiger partial charge in [0.1, 0.15) is 0 Å². The van der Waals surface area contributed by atoms with Gasteiger partial charge in [-0.25, -0.2) is 0 Å². The highest BCUT2D eigenvalue weighted by Gasteiger charge is 2.12. The smallest absolute Gasteiger partial charge is 0.243 e. The van der Waals surface area contributed by atoms with Gasteiger partial charge in [-0.05, 0) is 24.6 Å². The van der Waals surface area contributed by atoms with E-state index in [1.165, 1.54) is 0 Å². The summed E-state index contributed by atoms with van der Waals surface area (Å²) in [6, 6.07) is 5.41. The van der Waals surface area contributed by atoms with Crippen LogP contribution in [-0.4, -0.2) is 24.4 Å². The lowest BCUT2D eigenvalue weighted by atomic mass is 10.1. The molecule has 2 aromatic rings. The van der Waals surface area contributed by atoms with E-state index in [0.717, 1.165) is 5.56 Å². The zero-order valence-corrected chi connectivity index (χ0v) is 11.2. The standard InChI is InChI=1S/C13H17N3O3/c1-8(14)13-15-12(16-19-13)7-9-4-5-10(17-2)11(6-9)18-3/h4-6,8H,7,14H2,1-3H3/t8-/m1/s1. The molecule has 0 amide bonds. The fraction of sp³-hybridized carbons (Fsp3) is 0.385. The number of nitrogens with zero attached hydrogens (tertiary/aromatic N) is 2. The van der Waals surface area contributed by atoms with E-state index < -0.39 is 0 Å².